The molecule has 22 heavy (non-hydrogen) atoms. The molecule has 0 amide bonds. The highest BCUT2D eigenvalue weighted by Crippen LogP contribution is 2.23. The van der Waals surface area contributed by atoms with Gasteiger partial charge in [0, 0.05) is 12.6 Å². The fourth-order valence-electron chi connectivity index (χ4n) is 1.97. The molecule has 0 aliphatic heterocycles. The van der Waals surface area contributed by atoms with Gasteiger partial charge >= 0.3 is 5.97 Å². The number of hydrogen-bond donors (Lipinski definition) is 3. The van der Waals surface area contributed by atoms with Gasteiger partial charge in [0.1, 0.15) is 4.90 Å². The Bertz CT molecular complexity index is 612. The highest BCUT2D eigenvalue weighted by atomic mass is 32.2. The molecule has 0 bridgehead atoms. The number of carbonyl (C=O) groups is 1. The van der Waals surface area contributed by atoms with Crippen LogP contribution in [0.3, 0.4) is 0 Å². The molecule has 0 atom stereocenters. The van der Waals surface area contributed by atoms with Crippen molar-refractivity contribution in [3.63, 3.8) is 0 Å². The van der Waals surface area contributed by atoms with Gasteiger partial charge < -0.3 is 10.4 Å². The van der Waals surface area contributed by atoms with E-state index in [2.05, 4.69) is 10.0 Å². The molecule has 0 saturated heterocycles. The molecule has 6 nitrogen and oxygen atoms in total. The lowest BCUT2D eigenvalue weighted by Crippen LogP contribution is -2.26. The minimum atomic E-state index is -3.75. The topological polar surface area (TPSA) is 95.5 Å². The molecule has 0 unspecified atom stereocenters. The molecule has 0 aliphatic carbocycles. The average molecular weight is 328 g/mol. The normalized spacial score (nSPS) is 11.6. The van der Waals surface area contributed by atoms with Gasteiger partial charge in [0.05, 0.1) is 11.3 Å². The minimum absolute atomic E-state index is 0.0300. The maximum absolute atomic E-state index is 12.4. The summed E-state index contributed by atoms with van der Waals surface area (Å²) in [6.07, 6.45) is 2.69. The van der Waals surface area contributed by atoms with Crippen molar-refractivity contribution < 1.29 is 18.3 Å². The second-order valence-corrected chi connectivity index (χ2v) is 7.16. The van der Waals surface area contributed by atoms with Gasteiger partial charge in [0.25, 0.3) is 0 Å². The molecule has 1 aromatic rings. The Kier molecular flexibility index (Phi) is 6.83. The summed E-state index contributed by atoms with van der Waals surface area (Å²) in [5.41, 5.74) is 0.353. The zero-order valence-corrected chi connectivity index (χ0v) is 14.0. The smallest absolute Gasteiger partial charge is 0.335 e. The molecule has 3 N–H and O–H groups in total. The molecule has 0 radical (unpaired) electrons. The van der Waals surface area contributed by atoms with Gasteiger partial charge in [-0.2, -0.15) is 0 Å². The van der Waals surface area contributed by atoms with Crippen LogP contribution in [0.25, 0.3) is 0 Å². The summed E-state index contributed by atoms with van der Waals surface area (Å²) in [5.74, 6) is -1.15. The van der Waals surface area contributed by atoms with Crippen molar-refractivity contribution in [1.29, 1.82) is 0 Å². The summed E-state index contributed by atoms with van der Waals surface area (Å²) in [7, 11) is -3.75. The summed E-state index contributed by atoms with van der Waals surface area (Å²) >= 11 is 0. The third-order valence-electron chi connectivity index (χ3n) is 3.03. The SMILES string of the molecule is CCCCCNS(=O)(=O)c1cc(C(=O)O)ccc1NC(C)C. The highest BCUT2D eigenvalue weighted by Gasteiger charge is 2.20. The molecule has 124 valence electrons. The van der Waals surface area contributed by atoms with Crippen LogP contribution < -0.4 is 10.0 Å². The average Bonchev–Trinajstić information content (AvgIpc) is 2.43. The van der Waals surface area contributed by atoms with Crippen LogP contribution in [-0.4, -0.2) is 32.1 Å². The standard InChI is InChI=1S/C15H24N2O4S/c1-4-5-6-9-16-22(20,21)14-10-12(15(18)19)7-8-13(14)17-11(2)3/h7-8,10-11,16-17H,4-6,9H2,1-3H3,(H,18,19). The van der Waals surface area contributed by atoms with Crippen LogP contribution >= 0.6 is 0 Å². The van der Waals surface area contributed by atoms with Crippen molar-refractivity contribution in [3.05, 3.63) is 23.8 Å². The molecule has 0 aromatic heterocycles. The first-order chi connectivity index (χ1) is 10.3. The monoisotopic (exact) mass is 328 g/mol. The molecule has 1 rings (SSSR count). The van der Waals surface area contributed by atoms with E-state index in [1.54, 1.807) is 0 Å². The van der Waals surface area contributed by atoms with Crippen molar-refractivity contribution in [2.24, 2.45) is 0 Å². The number of hydrogen-bond acceptors (Lipinski definition) is 4. The number of carboxylic acids is 1. The number of unbranched alkanes of at least 4 members (excludes halogenated alkanes) is 2. The zero-order valence-electron chi connectivity index (χ0n) is 13.2. The predicted molar refractivity (Wildman–Crippen MR) is 86.9 cm³/mol. The van der Waals surface area contributed by atoms with Crippen LogP contribution in [0.5, 0.6) is 0 Å². The number of carboxylic acid groups (broad SMARTS) is 1. The van der Waals surface area contributed by atoms with Gasteiger partial charge in [0.15, 0.2) is 0 Å². The van der Waals surface area contributed by atoms with E-state index in [-0.39, 0.29) is 16.5 Å². The van der Waals surface area contributed by atoms with Crippen LogP contribution in [0.15, 0.2) is 23.1 Å². The Hall–Kier alpha value is -1.60. The Morgan fingerprint density at radius 3 is 2.50 bits per heavy atom. The number of benzene rings is 1. The molecule has 7 heteroatoms. The van der Waals surface area contributed by atoms with Gasteiger partial charge in [-0.25, -0.2) is 17.9 Å². The van der Waals surface area contributed by atoms with E-state index in [1.807, 2.05) is 20.8 Å². The van der Waals surface area contributed by atoms with Gasteiger partial charge in [-0.3, -0.25) is 0 Å². The third kappa shape index (κ3) is 5.31. The lowest BCUT2D eigenvalue weighted by molar-refractivity contribution is 0.0696. The van der Waals surface area contributed by atoms with Crippen molar-refractivity contribution in [2.75, 3.05) is 11.9 Å². The molecule has 0 heterocycles. The molecule has 0 aliphatic rings. The summed E-state index contributed by atoms with van der Waals surface area (Å²) < 4.78 is 27.4. The van der Waals surface area contributed by atoms with Crippen LogP contribution in [0.4, 0.5) is 5.69 Å². The third-order valence-corrected chi connectivity index (χ3v) is 4.54. The fraction of sp³-hybridized carbons (Fsp3) is 0.533. The van der Waals surface area contributed by atoms with E-state index < -0.39 is 16.0 Å². The maximum atomic E-state index is 12.4. The van der Waals surface area contributed by atoms with Crippen molar-refractivity contribution in [3.8, 4) is 0 Å². The Morgan fingerprint density at radius 2 is 1.95 bits per heavy atom. The number of anilines is 1. The van der Waals surface area contributed by atoms with Crippen molar-refractivity contribution in [2.45, 2.75) is 51.0 Å². The van der Waals surface area contributed by atoms with Crippen LogP contribution in [0, 0.1) is 0 Å². The fourth-order valence-corrected chi connectivity index (χ4v) is 3.23. The van der Waals surface area contributed by atoms with Crippen molar-refractivity contribution in [1.82, 2.24) is 4.72 Å². The molecular weight excluding hydrogens is 304 g/mol. The van der Waals surface area contributed by atoms with Crippen LogP contribution in [0.1, 0.15) is 50.4 Å². The maximum Gasteiger partial charge on any atom is 0.335 e. The number of nitrogens with one attached hydrogen (secondary N) is 2. The summed E-state index contributed by atoms with van der Waals surface area (Å²) in [6.45, 7) is 6.15. The number of aromatic carboxylic acids is 1. The summed E-state index contributed by atoms with van der Waals surface area (Å²) in [4.78, 5) is 11.0. The molecule has 0 fully saturated rings. The van der Waals surface area contributed by atoms with E-state index in [0.717, 1.165) is 19.3 Å². The number of rotatable bonds is 9. The molecular formula is C15H24N2O4S. The lowest BCUT2D eigenvalue weighted by Gasteiger charge is -2.16. The minimum Gasteiger partial charge on any atom is -0.478 e. The number of sulfonamides is 1. The lowest BCUT2D eigenvalue weighted by atomic mass is 10.2. The first kappa shape index (κ1) is 18.4. The van der Waals surface area contributed by atoms with Crippen LogP contribution in [0.2, 0.25) is 0 Å². The van der Waals surface area contributed by atoms with Gasteiger partial charge in [-0.05, 0) is 38.5 Å². The summed E-state index contributed by atoms with van der Waals surface area (Å²) in [6, 6.07) is 4.10. The van der Waals surface area contributed by atoms with Crippen LogP contribution in [-0.2, 0) is 10.0 Å². The second-order valence-electron chi connectivity index (χ2n) is 5.42. The zero-order chi connectivity index (χ0) is 16.8. The van der Waals surface area contributed by atoms with Gasteiger partial charge in [0.2, 0.25) is 10.0 Å². The van der Waals surface area contributed by atoms with E-state index in [4.69, 9.17) is 5.11 Å². The first-order valence-electron chi connectivity index (χ1n) is 7.41. The predicted octanol–water partition coefficient (Wildman–Crippen LogP) is 2.67. The first-order valence-corrected chi connectivity index (χ1v) is 8.89. The highest BCUT2D eigenvalue weighted by molar-refractivity contribution is 7.89. The molecule has 1 aromatic carbocycles. The second kappa shape index (κ2) is 8.14. The van der Waals surface area contributed by atoms with E-state index in [9.17, 15) is 13.2 Å². The molecule has 0 spiro atoms. The van der Waals surface area contributed by atoms with Gasteiger partial charge in [-0.15, -0.1) is 0 Å². The largest absolute Gasteiger partial charge is 0.478 e. The van der Waals surface area contributed by atoms with E-state index >= 15 is 0 Å². The summed E-state index contributed by atoms with van der Waals surface area (Å²) in [5, 5.41) is 12.1. The van der Waals surface area contributed by atoms with Crippen molar-refractivity contribution >= 4 is 21.7 Å². The Labute approximate surface area is 132 Å². The van der Waals surface area contributed by atoms with Gasteiger partial charge in [-0.1, -0.05) is 19.8 Å². The quantitative estimate of drug-likeness (QED) is 0.606. The Morgan fingerprint density at radius 1 is 1.27 bits per heavy atom. The van der Waals surface area contributed by atoms with E-state index in [1.165, 1.54) is 18.2 Å². The molecule has 0 saturated carbocycles. The Balaban J connectivity index is 3.11. The van der Waals surface area contributed by atoms with E-state index in [0.29, 0.717) is 12.2 Å².